The molecule has 0 saturated carbocycles. The predicted molar refractivity (Wildman–Crippen MR) is 245 cm³/mol. The van der Waals surface area contributed by atoms with Gasteiger partial charge in [-0.25, -0.2) is 0 Å². The van der Waals surface area contributed by atoms with Gasteiger partial charge in [-0.1, -0.05) is 209 Å². The van der Waals surface area contributed by atoms with Gasteiger partial charge in [0.25, 0.3) is 0 Å². The minimum atomic E-state index is -0.808. The second-order valence-corrected chi connectivity index (χ2v) is 15.9. The van der Waals surface area contributed by atoms with E-state index in [4.69, 9.17) is 4.74 Å². The molecular formula is C51H89NO5. The molecule has 0 aliphatic carbocycles. The molecule has 0 radical (unpaired) electrons. The lowest BCUT2D eigenvalue weighted by Gasteiger charge is -2.24. The van der Waals surface area contributed by atoms with Crippen molar-refractivity contribution in [1.82, 2.24) is 5.32 Å². The van der Waals surface area contributed by atoms with E-state index in [-0.39, 0.29) is 24.9 Å². The molecule has 6 nitrogen and oxygen atoms in total. The molecular weight excluding hydrogens is 707 g/mol. The standard InChI is InChI=1S/C51H89NO5/c1-4-7-10-13-16-19-22-24-25-27-29-32-35-38-41-44-51(56)57-47(42-39-36-33-30-28-26-23-20-17-14-11-8-5-2)45-50(55)52-48(46-53)49(54)43-40-37-34-31-21-18-15-12-9-6-3/h8,11,14,17,19-20,22-23,26,28,30,33,47-49,53-54H,4-7,9-10,12-13,15-16,18,21,24-25,27,29,31-32,34-46H2,1-3H3,(H,52,55)/b11-8+,17-14+,22-19-,23-20-,28-26-,33-30+. The van der Waals surface area contributed by atoms with Gasteiger partial charge in [0.2, 0.25) is 5.91 Å². The number of carbonyl (C=O) groups is 2. The Morgan fingerprint density at radius 1 is 0.526 bits per heavy atom. The van der Waals surface area contributed by atoms with Crippen LogP contribution in [0.1, 0.15) is 213 Å². The van der Waals surface area contributed by atoms with Gasteiger partial charge in [0.05, 0.1) is 25.2 Å². The summed E-state index contributed by atoms with van der Waals surface area (Å²) in [6.07, 6.45) is 55.4. The van der Waals surface area contributed by atoms with Crippen molar-refractivity contribution >= 4 is 11.9 Å². The number of aliphatic hydroxyl groups excluding tert-OH is 2. The van der Waals surface area contributed by atoms with E-state index in [1.54, 1.807) is 0 Å². The summed E-state index contributed by atoms with van der Waals surface area (Å²) in [7, 11) is 0. The third kappa shape index (κ3) is 39.9. The molecule has 6 heteroatoms. The number of carbonyl (C=O) groups excluding carboxylic acids is 2. The smallest absolute Gasteiger partial charge is 0.306 e. The Labute approximate surface area is 351 Å². The van der Waals surface area contributed by atoms with Crippen molar-refractivity contribution in [2.45, 2.75) is 232 Å². The lowest BCUT2D eigenvalue weighted by Crippen LogP contribution is -2.46. The first-order valence-electron chi connectivity index (χ1n) is 23.7. The first-order valence-corrected chi connectivity index (χ1v) is 23.7. The summed E-state index contributed by atoms with van der Waals surface area (Å²) >= 11 is 0. The van der Waals surface area contributed by atoms with Crippen molar-refractivity contribution in [3.63, 3.8) is 0 Å². The van der Waals surface area contributed by atoms with Crippen molar-refractivity contribution in [1.29, 1.82) is 0 Å². The van der Waals surface area contributed by atoms with E-state index in [2.05, 4.69) is 50.4 Å². The zero-order chi connectivity index (χ0) is 41.7. The van der Waals surface area contributed by atoms with E-state index in [1.165, 1.54) is 109 Å². The summed E-state index contributed by atoms with van der Waals surface area (Å²) in [6.45, 7) is 6.28. The van der Waals surface area contributed by atoms with Gasteiger partial charge < -0.3 is 20.3 Å². The lowest BCUT2D eigenvalue weighted by molar-refractivity contribution is -0.151. The van der Waals surface area contributed by atoms with Gasteiger partial charge in [-0.15, -0.1) is 0 Å². The molecule has 3 N–H and O–H groups in total. The van der Waals surface area contributed by atoms with E-state index in [1.807, 2.05) is 48.6 Å². The van der Waals surface area contributed by atoms with Crippen molar-refractivity contribution in [3.05, 3.63) is 72.9 Å². The van der Waals surface area contributed by atoms with Gasteiger partial charge in [0.1, 0.15) is 6.10 Å². The largest absolute Gasteiger partial charge is 0.462 e. The maximum Gasteiger partial charge on any atom is 0.306 e. The van der Waals surface area contributed by atoms with Gasteiger partial charge in [-0.2, -0.15) is 0 Å². The Hall–Kier alpha value is -2.70. The molecule has 57 heavy (non-hydrogen) atoms. The molecule has 0 aromatic rings. The van der Waals surface area contributed by atoms with Crippen LogP contribution in [0, 0.1) is 0 Å². The molecule has 0 aliphatic heterocycles. The summed E-state index contributed by atoms with van der Waals surface area (Å²) in [5.74, 6) is -0.556. The molecule has 0 fully saturated rings. The van der Waals surface area contributed by atoms with Crippen LogP contribution < -0.4 is 5.32 Å². The van der Waals surface area contributed by atoms with Gasteiger partial charge in [-0.05, 0) is 64.2 Å². The quantitative estimate of drug-likeness (QED) is 0.0248. The number of rotatable bonds is 41. The summed E-state index contributed by atoms with van der Waals surface area (Å²) in [6, 6.07) is -0.726. The molecule has 328 valence electrons. The SMILES string of the molecule is CC/C=C/C=C/C=C\C=C/C=C/CCCC(CC(=O)NC(CO)C(O)CCCCCCCCCCCC)OC(=O)CCCCCCCCC/C=C\CCCCCC. The lowest BCUT2D eigenvalue weighted by atomic mass is 10.0. The average Bonchev–Trinajstić information content (AvgIpc) is 3.20. The highest BCUT2D eigenvalue weighted by Crippen LogP contribution is 2.16. The third-order valence-corrected chi connectivity index (χ3v) is 10.4. The zero-order valence-electron chi connectivity index (χ0n) is 37.2. The zero-order valence-corrected chi connectivity index (χ0v) is 37.2. The van der Waals surface area contributed by atoms with E-state index >= 15 is 0 Å². The van der Waals surface area contributed by atoms with Gasteiger partial charge in [0, 0.05) is 6.42 Å². The fraction of sp³-hybridized carbons (Fsp3) is 0.725. The monoisotopic (exact) mass is 796 g/mol. The van der Waals surface area contributed by atoms with Gasteiger partial charge >= 0.3 is 5.97 Å². The number of amides is 1. The van der Waals surface area contributed by atoms with Gasteiger partial charge in [0.15, 0.2) is 0 Å². The number of hydrogen-bond donors (Lipinski definition) is 3. The molecule has 0 aliphatic rings. The van der Waals surface area contributed by atoms with E-state index in [9.17, 15) is 19.8 Å². The van der Waals surface area contributed by atoms with Crippen molar-refractivity contribution in [2.24, 2.45) is 0 Å². The molecule has 0 saturated heterocycles. The fourth-order valence-corrected chi connectivity index (χ4v) is 6.80. The van der Waals surface area contributed by atoms with Crippen LogP contribution in [-0.4, -0.2) is 46.9 Å². The molecule has 0 spiro atoms. The maximum atomic E-state index is 13.1. The van der Waals surface area contributed by atoms with Crippen LogP contribution in [0.4, 0.5) is 0 Å². The summed E-state index contributed by atoms with van der Waals surface area (Å²) in [5, 5.41) is 23.6. The minimum absolute atomic E-state index is 0.0244. The Balaban J connectivity index is 4.72. The Morgan fingerprint density at radius 3 is 1.53 bits per heavy atom. The van der Waals surface area contributed by atoms with Crippen LogP contribution in [0.2, 0.25) is 0 Å². The predicted octanol–water partition coefficient (Wildman–Crippen LogP) is 13.8. The molecule has 0 heterocycles. The minimum Gasteiger partial charge on any atom is -0.462 e. The van der Waals surface area contributed by atoms with Gasteiger partial charge in [-0.3, -0.25) is 9.59 Å². The number of allylic oxidation sites excluding steroid dienone is 12. The van der Waals surface area contributed by atoms with E-state index < -0.39 is 18.2 Å². The first kappa shape index (κ1) is 54.3. The Kier molecular flexibility index (Phi) is 42.3. The Bertz CT molecular complexity index is 1070. The fourth-order valence-electron chi connectivity index (χ4n) is 6.80. The topological polar surface area (TPSA) is 95.9 Å². The second kappa shape index (κ2) is 44.4. The number of nitrogens with one attached hydrogen (secondary N) is 1. The summed E-state index contributed by atoms with van der Waals surface area (Å²) < 4.78 is 5.87. The molecule has 3 atom stereocenters. The third-order valence-electron chi connectivity index (χ3n) is 10.4. The second-order valence-electron chi connectivity index (χ2n) is 15.9. The number of esters is 1. The highest BCUT2D eigenvalue weighted by atomic mass is 16.5. The molecule has 0 aromatic carbocycles. The number of hydrogen-bond acceptors (Lipinski definition) is 5. The number of aliphatic hydroxyl groups is 2. The molecule has 0 aromatic heterocycles. The summed E-state index contributed by atoms with van der Waals surface area (Å²) in [4.78, 5) is 26.0. The van der Waals surface area contributed by atoms with Crippen LogP contribution in [0.25, 0.3) is 0 Å². The van der Waals surface area contributed by atoms with Crippen LogP contribution in [0.15, 0.2) is 72.9 Å². The Morgan fingerprint density at radius 2 is 0.982 bits per heavy atom. The van der Waals surface area contributed by atoms with Crippen molar-refractivity contribution in [2.75, 3.05) is 6.61 Å². The van der Waals surface area contributed by atoms with E-state index in [0.29, 0.717) is 19.3 Å². The highest BCUT2D eigenvalue weighted by molar-refractivity contribution is 5.77. The van der Waals surface area contributed by atoms with Crippen LogP contribution in [0.5, 0.6) is 0 Å². The normalized spacial score (nSPS) is 14.0. The molecule has 1 amide bonds. The molecule has 3 unspecified atom stereocenters. The number of unbranched alkanes of at least 4 members (excludes halogenated alkanes) is 21. The molecule has 0 bridgehead atoms. The summed E-state index contributed by atoms with van der Waals surface area (Å²) in [5.41, 5.74) is 0. The van der Waals surface area contributed by atoms with Crippen molar-refractivity contribution in [3.8, 4) is 0 Å². The van der Waals surface area contributed by atoms with Crippen LogP contribution in [0.3, 0.4) is 0 Å². The van der Waals surface area contributed by atoms with Crippen molar-refractivity contribution < 1.29 is 24.5 Å². The first-order chi connectivity index (χ1) is 28.0. The highest BCUT2D eigenvalue weighted by Gasteiger charge is 2.24. The molecule has 0 rings (SSSR count). The van der Waals surface area contributed by atoms with E-state index in [0.717, 1.165) is 57.8 Å². The average molecular weight is 796 g/mol. The van der Waals surface area contributed by atoms with Crippen LogP contribution in [-0.2, 0) is 14.3 Å². The number of ether oxygens (including phenoxy) is 1. The maximum absolute atomic E-state index is 13.1. The van der Waals surface area contributed by atoms with Crippen LogP contribution >= 0.6 is 0 Å².